The number of carboxylic acids is 1. The van der Waals surface area contributed by atoms with Gasteiger partial charge in [-0.2, -0.15) is 0 Å². The van der Waals surface area contributed by atoms with Crippen LogP contribution < -0.4 is 4.72 Å². The molecule has 0 bridgehead atoms. The summed E-state index contributed by atoms with van der Waals surface area (Å²) >= 11 is 0. The fourth-order valence-electron chi connectivity index (χ4n) is 2.63. The van der Waals surface area contributed by atoms with Gasteiger partial charge in [-0.15, -0.1) is 0 Å². The monoisotopic (exact) mass is 406 g/mol. The van der Waals surface area contributed by atoms with Crippen molar-refractivity contribution in [3.05, 3.63) is 58.9 Å². The second-order valence-corrected chi connectivity index (χ2v) is 8.31. The Labute approximate surface area is 163 Å². The molecule has 8 nitrogen and oxygen atoms in total. The maximum Gasteiger partial charge on any atom is 0.303 e. The Morgan fingerprint density at radius 1 is 1.07 bits per heavy atom. The summed E-state index contributed by atoms with van der Waals surface area (Å²) in [7, 11) is -2.00. The summed E-state index contributed by atoms with van der Waals surface area (Å²) in [5.74, 6) is -1.99. The van der Waals surface area contributed by atoms with E-state index in [4.69, 9.17) is 5.11 Å². The lowest BCUT2D eigenvalue weighted by molar-refractivity contribution is -0.137. The van der Waals surface area contributed by atoms with E-state index in [0.29, 0.717) is 23.4 Å². The zero-order valence-electron chi connectivity index (χ0n) is 15.6. The van der Waals surface area contributed by atoms with Crippen molar-refractivity contribution in [3.8, 4) is 0 Å². The number of carbonyl (C=O) groups is 3. The number of hydrogen-bond donors (Lipinski definition) is 2. The second-order valence-electron chi connectivity index (χ2n) is 6.29. The van der Waals surface area contributed by atoms with Crippen LogP contribution in [0.2, 0.25) is 0 Å². The standard InChI is InChI=1S/C19H22N2O6S/c1-3-28(26,27)20-17(22)12-15-9-10-16(21(15)2)19(25)14-7-4-13(5-8-14)6-11-18(23)24/h4-5,7-10H,3,6,11-12H2,1-2H3,(H,20,22)(H,23,24). The van der Waals surface area contributed by atoms with Gasteiger partial charge in [-0.3, -0.25) is 19.1 Å². The second kappa shape index (κ2) is 8.83. The molecule has 28 heavy (non-hydrogen) atoms. The van der Waals surface area contributed by atoms with Gasteiger partial charge in [0.1, 0.15) is 0 Å². The molecule has 1 heterocycles. The number of aromatic nitrogens is 1. The quantitative estimate of drug-likeness (QED) is 0.605. The number of aryl methyl sites for hydroxylation is 1. The first kappa shape index (κ1) is 21.4. The van der Waals surface area contributed by atoms with E-state index in [2.05, 4.69) is 0 Å². The molecule has 0 aliphatic carbocycles. The van der Waals surface area contributed by atoms with Gasteiger partial charge < -0.3 is 9.67 Å². The molecule has 0 atom stereocenters. The van der Waals surface area contributed by atoms with Crippen LogP contribution in [0, 0.1) is 0 Å². The maximum absolute atomic E-state index is 12.7. The summed E-state index contributed by atoms with van der Waals surface area (Å²) in [6, 6.07) is 9.87. The van der Waals surface area contributed by atoms with Gasteiger partial charge in [-0.1, -0.05) is 24.3 Å². The molecule has 0 aliphatic heterocycles. The maximum atomic E-state index is 12.7. The van der Waals surface area contributed by atoms with Gasteiger partial charge in [0, 0.05) is 24.7 Å². The molecule has 150 valence electrons. The minimum atomic E-state index is -3.63. The van der Waals surface area contributed by atoms with E-state index < -0.39 is 21.9 Å². The van der Waals surface area contributed by atoms with Crippen LogP contribution in [-0.4, -0.2) is 41.5 Å². The van der Waals surface area contributed by atoms with Crippen molar-refractivity contribution in [2.75, 3.05) is 5.75 Å². The van der Waals surface area contributed by atoms with Crippen molar-refractivity contribution in [1.82, 2.24) is 9.29 Å². The molecule has 1 aromatic carbocycles. The molecule has 1 aromatic heterocycles. The van der Waals surface area contributed by atoms with Crippen molar-refractivity contribution >= 4 is 27.7 Å². The molecule has 0 aliphatic rings. The predicted molar refractivity (Wildman–Crippen MR) is 103 cm³/mol. The number of carbonyl (C=O) groups excluding carboxylic acids is 2. The molecule has 0 radical (unpaired) electrons. The molecule has 0 spiro atoms. The summed E-state index contributed by atoms with van der Waals surface area (Å²) < 4.78 is 26.5. The summed E-state index contributed by atoms with van der Waals surface area (Å²) in [4.78, 5) is 35.2. The number of amides is 1. The van der Waals surface area contributed by atoms with Gasteiger partial charge in [0.05, 0.1) is 17.9 Å². The summed E-state index contributed by atoms with van der Waals surface area (Å²) in [5, 5.41) is 8.72. The highest BCUT2D eigenvalue weighted by Gasteiger charge is 2.18. The highest BCUT2D eigenvalue weighted by atomic mass is 32.2. The molecular weight excluding hydrogens is 384 g/mol. The summed E-state index contributed by atoms with van der Waals surface area (Å²) in [5.41, 5.74) is 2.12. The third-order valence-electron chi connectivity index (χ3n) is 4.29. The van der Waals surface area contributed by atoms with E-state index in [9.17, 15) is 22.8 Å². The van der Waals surface area contributed by atoms with Crippen molar-refractivity contribution in [3.63, 3.8) is 0 Å². The fourth-order valence-corrected chi connectivity index (χ4v) is 3.19. The molecule has 1 amide bonds. The van der Waals surface area contributed by atoms with Crippen molar-refractivity contribution < 1.29 is 27.9 Å². The van der Waals surface area contributed by atoms with E-state index >= 15 is 0 Å². The first-order valence-electron chi connectivity index (χ1n) is 8.66. The van der Waals surface area contributed by atoms with Crippen LogP contribution in [0.3, 0.4) is 0 Å². The number of rotatable bonds is 9. The van der Waals surface area contributed by atoms with E-state index in [1.54, 1.807) is 48.0 Å². The van der Waals surface area contributed by atoms with E-state index in [1.165, 1.54) is 6.92 Å². The molecule has 2 rings (SSSR count). The minimum Gasteiger partial charge on any atom is -0.481 e. The lowest BCUT2D eigenvalue weighted by atomic mass is 10.0. The highest BCUT2D eigenvalue weighted by molar-refractivity contribution is 7.90. The Bertz CT molecular complexity index is 990. The average Bonchev–Trinajstić information content (AvgIpc) is 2.99. The average molecular weight is 406 g/mol. The Hall–Kier alpha value is -2.94. The van der Waals surface area contributed by atoms with Gasteiger partial charge in [-0.25, -0.2) is 8.42 Å². The first-order valence-corrected chi connectivity index (χ1v) is 10.3. The van der Waals surface area contributed by atoms with Crippen LogP contribution in [0.5, 0.6) is 0 Å². The van der Waals surface area contributed by atoms with Crippen LogP contribution in [0.4, 0.5) is 0 Å². The van der Waals surface area contributed by atoms with Crippen molar-refractivity contribution in [1.29, 1.82) is 0 Å². The molecule has 2 aromatic rings. The van der Waals surface area contributed by atoms with Crippen LogP contribution in [0.25, 0.3) is 0 Å². The largest absolute Gasteiger partial charge is 0.481 e. The molecule has 0 unspecified atom stereocenters. The number of carboxylic acid groups (broad SMARTS) is 1. The Balaban J connectivity index is 2.11. The minimum absolute atomic E-state index is 0.0181. The Morgan fingerprint density at radius 2 is 1.71 bits per heavy atom. The van der Waals surface area contributed by atoms with E-state index in [1.807, 2.05) is 4.72 Å². The van der Waals surface area contributed by atoms with Gasteiger partial charge in [0.15, 0.2) is 0 Å². The topological polar surface area (TPSA) is 123 Å². The normalized spacial score (nSPS) is 11.2. The number of nitrogens with zero attached hydrogens (tertiary/aromatic N) is 1. The zero-order chi connectivity index (χ0) is 20.9. The Morgan fingerprint density at radius 3 is 2.29 bits per heavy atom. The highest BCUT2D eigenvalue weighted by Crippen LogP contribution is 2.15. The van der Waals surface area contributed by atoms with Gasteiger partial charge >= 0.3 is 5.97 Å². The lowest BCUT2D eigenvalue weighted by Crippen LogP contribution is -2.33. The number of benzene rings is 1. The predicted octanol–water partition coefficient (Wildman–Crippen LogP) is 1.28. The molecule has 9 heteroatoms. The van der Waals surface area contributed by atoms with Crippen LogP contribution in [0.1, 0.15) is 40.7 Å². The van der Waals surface area contributed by atoms with Crippen LogP contribution >= 0.6 is 0 Å². The third kappa shape index (κ3) is 5.53. The van der Waals surface area contributed by atoms with Gasteiger partial charge in [0.2, 0.25) is 21.7 Å². The van der Waals surface area contributed by atoms with Gasteiger partial charge in [-0.05, 0) is 31.0 Å². The molecule has 0 saturated carbocycles. The molecule has 0 saturated heterocycles. The SMILES string of the molecule is CCS(=O)(=O)NC(=O)Cc1ccc(C(=O)c2ccc(CCC(=O)O)cc2)n1C. The summed E-state index contributed by atoms with van der Waals surface area (Å²) in [6.07, 6.45) is 0.231. The smallest absolute Gasteiger partial charge is 0.303 e. The molecule has 2 N–H and O–H groups in total. The molecule has 0 fully saturated rings. The van der Waals surface area contributed by atoms with Gasteiger partial charge in [0.25, 0.3) is 0 Å². The number of sulfonamides is 1. The Kier molecular flexibility index (Phi) is 6.74. The zero-order valence-corrected chi connectivity index (χ0v) is 16.5. The lowest BCUT2D eigenvalue weighted by Gasteiger charge is -2.08. The van der Waals surface area contributed by atoms with Crippen LogP contribution in [-0.2, 0) is 39.5 Å². The van der Waals surface area contributed by atoms with Crippen molar-refractivity contribution in [2.24, 2.45) is 7.05 Å². The number of aliphatic carboxylic acids is 1. The van der Waals surface area contributed by atoms with Crippen LogP contribution in [0.15, 0.2) is 36.4 Å². The molecular formula is C19H22N2O6S. The number of hydrogen-bond acceptors (Lipinski definition) is 5. The first-order chi connectivity index (χ1) is 13.1. The van der Waals surface area contributed by atoms with E-state index in [-0.39, 0.29) is 24.4 Å². The number of nitrogens with one attached hydrogen (secondary N) is 1. The number of ketones is 1. The summed E-state index contributed by atoms with van der Waals surface area (Å²) in [6.45, 7) is 1.43. The fraction of sp³-hybridized carbons (Fsp3) is 0.316. The van der Waals surface area contributed by atoms with E-state index in [0.717, 1.165) is 5.56 Å². The third-order valence-corrected chi connectivity index (χ3v) is 5.59. The van der Waals surface area contributed by atoms with Crippen molar-refractivity contribution in [2.45, 2.75) is 26.2 Å².